The molecule has 1 saturated heterocycles. The van der Waals surface area contributed by atoms with Crippen molar-refractivity contribution in [3.05, 3.63) is 30.1 Å². The van der Waals surface area contributed by atoms with Crippen LogP contribution in [0.4, 0.5) is 14.9 Å². The lowest BCUT2D eigenvalue weighted by Crippen LogP contribution is -2.70. The van der Waals surface area contributed by atoms with Crippen LogP contribution in [-0.4, -0.2) is 47.3 Å². The van der Waals surface area contributed by atoms with E-state index in [2.05, 4.69) is 6.92 Å². The first-order valence-electron chi connectivity index (χ1n) is 9.96. The Morgan fingerprint density at radius 2 is 1.77 bits per heavy atom. The Kier molecular flexibility index (Phi) is 3.40. The molecule has 0 radical (unpaired) electrons. The molecule has 1 N–H and O–H groups in total. The van der Waals surface area contributed by atoms with Gasteiger partial charge < -0.3 is 5.11 Å². The zero-order valence-electron chi connectivity index (χ0n) is 15.6. The number of aliphatic hydroxyl groups is 1. The predicted octanol–water partition coefficient (Wildman–Crippen LogP) is 3.53. The maximum Gasteiger partial charge on any atom is 0.424 e. The van der Waals surface area contributed by atoms with Crippen LogP contribution in [0.15, 0.2) is 24.3 Å². The molecule has 1 heterocycles. The lowest BCUT2D eigenvalue weighted by atomic mass is 9.51. The molecule has 4 saturated carbocycles. The first-order chi connectivity index (χ1) is 12.3. The minimum absolute atomic E-state index is 0.133. The van der Waals surface area contributed by atoms with Crippen LogP contribution in [0, 0.1) is 23.6 Å². The van der Waals surface area contributed by atoms with Crippen molar-refractivity contribution >= 4 is 11.7 Å². The summed E-state index contributed by atoms with van der Waals surface area (Å²) in [7, 11) is 1.89. The van der Waals surface area contributed by atoms with Crippen molar-refractivity contribution in [2.75, 3.05) is 13.6 Å². The van der Waals surface area contributed by atoms with Gasteiger partial charge in [0.15, 0.2) is 0 Å². The molecular weight excluding hydrogens is 331 g/mol. The number of carbonyl (C=O) groups is 1. The highest BCUT2D eigenvalue weighted by Gasteiger charge is 2.66. The first-order valence-corrected chi connectivity index (χ1v) is 9.96. The van der Waals surface area contributed by atoms with Crippen LogP contribution in [0.25, 0.3) is 0 Å². The summed E-state index contributed by atoms with van der Waals surface area (Å²) in [5, 5.41) is 11.0. The highest BCUT2D eigenvalue weighted by molar-refractivity contribution is 5.90. The fourth-order valence-electron chi connectivity index (χ4n) is 7.11. The molecule has 4 bridgehead atoms. The van der Waals surface area contributed by atoms with Crippen molar-refractivity contribution in [2.45, 2.75) is 56.7 Å². The van der Waals surface area contributed by atoms with Crippen molar-refractivity contribution in [2.24, 2.45) is 17.8 Å². The summed E-state index contributed by atoms with van der Waals surface area (Å²) in [6, 6.07) is 7.07. The minimum atomic E-state index is -0.514. The lowest BCUT2D eigenvalue weighted by Gasteiger charge is -2.60. The normalized spacial score (nSPS) is 47.0. The largest absolute Gasteiger partial charge is 0.424 e. The molecule has 140 valence electrons. The summed E-state index contributed by atoms with van der Waals surface area (Å²) in [6.07, 6.45) is 4.81. The SMILES string of the molecule is CC1C[N+](c2ccc(F)cc2)(C2C3CC4CC2CC(O)(C4)C3)C(=O)N1C. The van der Waals surface area contributed by atoms with Crippen molar-refractivity contribution in [1.29, 1.82) is 0 Å². The molecule has 5 aliphatic rings. The van der Waals surface area contributed by atoms with Gasteiger partial charge >= 0.3 is 6.03 Å². The number of urea groups is 1. The summed E-state index contributed by atoms with van der Waals surface area (Å²) < 4.78 is 13.9. The van der Waals surface area contributed by atoms with E-state index in [0.29, 0.717) is 22.2 Å². The molecular formula is C21H28FN2O2+. The van der Waals surface area contributed by atoms with Gasteiger partial charge in [-0.3, -0.25) is 4.90 Å². The molecule has 5 fully saturated rings. The Morgan fingerprint density at radius 3 is 2.27 bits per heavy atom. The highest BCUT2D eigenvalue weighted by Crippen LogP contribution is 2.59. The molecule has 1 aromatic rings. The number of nitrogens with zero attached hydrogens (tertiary/aromatic N) is 2. The van der Waals surface area contributed by atoms with Crippen molar-refractivity contribution < 1.29 is 14.3 Å². The van der Waals surface area contributed by atoms with Crippen LogP contribution in [-0.2, 0) is 0 Å². The Labute approximate surface area is 154 Å². The average molecular weight is 359 g/mol. The monoisotopic (exact) mass is 359 g/mol. The molecule has 4 atom stereocenters. The second-order valence-electron chi connectivity index (χ2n) is 9.46. The molecule has 1 aromatic carbocycles. The molecule has 4 nitrogen and oxygen atoms in total. The Bertz CT molecular complexity index is 735. The predicted molar refractivity (Wildman–Crippen MR) is 98.0 cm³/mol. The Balaban J connectivity index is 1.64. The number of likely N-dealkylation sites (N-methyl/N-ethyl adjacent to an activating group) is 1. The van der Waals surface area contributed by atoms with Gasteiger partial charge in [-0.15, -0.1) is 0 Å². The zero-order valence-corrected chi connectivity index (χ0v) is 15.6. The Morgan fingerprint density at radius 1 is 1.15 bits per heavy atom. The zero-order chi connectivity index (χ0) is 18.3. The molecule has 4 aliphatic carbocycles. The fourth-order valence-corrected chi connectivity index (χ4v) is 7.11. The average Bonchev–Trinajstić information content (AvgIpc) is 2.79. The summed E-state index contributed by atoms with van der Waals surface area (Å²) in [5.41, 5.74) is 0.400. The van der Waals surface area contributed by atoms with E-state index < -0.39 is 5.60 Å². The third kappa shape index (κ3) is 2.10. The summed E-state index contributed by atoms with van der Waals surface area (Å²) in [4.78, 5) is 15.4. The van der Waals surface area contributed by atoms with E-state index in [1.165, 1.54) is 12.1 Å². The third-order valence-electron chi connectivity index (χ3n) is 7.84. The van der Waals surface area contributed by atoms with E-state index in [9.17, 15) is 14.3 Å². The smallest absolute Gasteiger partial charge is 0.390 e. The van der Waals surface area contributed by atoms with E-state index in [1.54, 1.807) is 12.1 Å². The molecule has 0 aromatic heterocycles. The van der Waals surface area contributed by atoms with Crippen molar-refractivity contribution in [1.82, 2.24) is 9.38 Å². The number of quaternary nitrogens is 1. The maximum atomic E-state index is 13.6. The number of benzene rings is 1. The quantitative estimate of drug-likeness (QED) is 0.821. The molecule has 5 heteroatoms. The van der Waals surface area contributed by atoms with Crippen LogP contribution < -0.4 is 4.48 Å². The van der Waals surface area contributed by atoms with Gasteiger partial charge in [-0.25, -0.2) is 13.7 Å². The molecule has 26 heavy (non-hydrogen) atoms. The number of hydrogen-bond donors (Lipinski definition) is 1. The molecule has 0 spiro atoms. The second-order valence-corrected chi connectivity index (χ2v) is 9.46. The first kappa shape index (κ1) is 16.7. The van der Waals surface area contributed by atoms with Gasteiger partial charge in [0, 0.05) is 31.0 Å². The van der Waals surface area contributed by atoms with Crippen molar-refractivity contribution in [3.63, 3.8) is 0 Å². The van der Waals surface area contributed by atoms with E-state index in [0.717, 1.165) is 44.3 Å². The molecule has 4 unspecified atom stereocenters. The molecule has 2 amide bonds. The van der Waals surface area contributed by atoms with E-state index in [1.807, 2.05) is 11.9 Å². The number of halogens is 1. The molecule has 1 aliphatic heterocycles. The summed E-state index contributed by atoms with van der Waals surface area (Å²) in [6.45, 7) is 2.84. The van der Waals surface area contributed by atoms with Crippen LogP contribution in [0.5, 0.6) is 0 Å². The second kappa shape index (κ2) is 5.29. The van der Waals surface area contributed by atoms with Gasteiger partial charge in [-0.2, -0.15) is 0 Å². The number of hydrogen-bond acceptors (Lipinski definition) is 2. The van der Waals surface area contributed by atoms with Gasteiger partial charge in [-0.1, -0.05) is 0 Å². The highest BCUT2D eigenvalue weighted by atomic mass is 19.1. The van der Waals surface area contributed by atoms with Gasteiger partial charge in [0.05, 0.1) is 11.6 Å². The van der Waals surface area contributed by atoms with Gasteiger partial charge in [0.2, 0.25) is 0 Å². The van der Waals surface area contributed by atoms with E-state index >= 15 is 0 Å². The Hall–Kier alpha value is -1.46. The number of rotatable bonds is 2. The van der Waals surface area contributed by atoms with Gasteiger partial charge in [-0.05, 0) is 57.1 Å². The standard InChI is InChI=1S/C21H28FN2O2/c1-13-12-24(20(25)23(13)2,18-5-3-17(22)4-6-18)19-15-7-14-8-16(19)11-21(26,9-14)10-15/h3-6,13-16,19,26H,7-12H2,1-2H3/q+1. The van der Waals surface area contributed by atoms with Crippen molar-refractivity contribution in [3.8, 4) is 0 Å². The van der Waals surface area contributed by atoms with E-state index in [4.69, 9.17) is 0 Å². The van der Waals surface area contributed by atoms with Crippen LogP contribution in [0.3, 0.4) is 0 Å². The van der Waals surface area contributed by atoms with Crippen LogP contribution >= 0.6 is 0 Å². The minimum Gasteiger partial charge on any atom is -0.390 e. The number of amides is 2. The van der Waals surface area contributed by atoms with E-state index in [-0.39, 0.29) is 23.9 Å². The summed E-state index contributed by atoms with van der Waals surface area (Å²) >= 11 is 0. The fraction of sp³-hybridized carbons (Fsp3) is 0.667. The third-order valence-corrected chi connectivity index (χ3v) is 7.84. The molecule has 6 rings (SSSR count). The van der Waals surface area contributed by atoms with Crippen LogP contribution in [0.2, 0.25) is 0 Å². The maximum absolute atomic E-state index is 13.6. The topological polar surface area (TPSA) is 40.5 Å². The summed E-state index contributed by atoms with van der Waals surface area (Å²) in [5.74, 6) is 1.09. The van der Waals surface area contributed by atoms with Gasteiger partial charge in [0.1, 0.15) is 24.1 Å². The van der Waals surface area contributed by atoms with Crippen LogP contribution in [0.1, 0.15) is 39.0 Å². The lowest BCUT2D eigenvalue weighted by molar-refractivity contribution is -0.151. The van der Waals surface area contributed by atoms with Gasteiger partial charge in [0.25, 0.3) is 0 Å². The number of carbonyl (C=O) groups excluding carboxylic acids is 1.